The molecule has 0 radical (unpaired) electrons. The first-order chi connectivity index (χ1) is 9.65. The number of hydrogen-bond acceptors (Lipinski definition) is 2. The Hall–Kier alpha value is 0.620. The lowest BCUT2D eigenvalue weighted by Crippen LogP contribution is -2.49. The molecule has 1 atom stereocenters. The Kier molecular flexibility index (Phi) is 3.81. The number of thiophene rings is 1. The molecule has 110 valence electrons. The van der Waals surface area contributed by atoms with Crippen molar-refractivity contribution in [3.8, 4) is 0 Å². The molecule has 1 N–H and O–H groups in total. The Labute approximate surface area is 142 Å². The minimum absolute atomic E-state index is 0.553. The highest BCUT2D eigenvalue weighted by atomic mass is 79.9. The lowest BCUT2D eigenvalue weighted by molar-refractivity contribution is -0.0510. The average molecular weight is 419 g/mol. The molecule has 1 unspecified atom stereocenters. The van der Waals surface area contributed by atoms with E-state index in [1.807, 2.05) is 11.3 Å². The van der Waals surface area contributed by atoms with E-state index < -0.39 is 0 Å². The van der Waals surface area contributed by atoms with E-state index in [1.165, 1.54) is 38.8 Å². The summed E-state index contributed by atoms with van der Waals surface area (Å²) in [7, 11) is 2.15. The predicted molar refractivity (Wildman–Crippen MR) is 92.1 cm³/mol. The third-order valence-electron chi connectivity index (χ3n) is 5.97. The lowest BCUT2D eigenvalue weighted by Gasteiger charge is -2.56. The smallest absolute Gasteiger partial charge is 0.0843 e. The number of rotatable bonds is 3. The summed E-state index contributed by atoms with van der Waals surface area (Å²) < 4.78 is 2.44. The molecular weight excluding hydrogens is 398 g/mol. The molecule has 0 aliphatic heterocycles. The molecule has 4 aliphatic rings. The van der Waals surface area contributed by atoms with E-state index in [0.717, 1.165) is 29.6 Å². The summed E-state index contributed by atoms with van der Waals surface area (Å²) in [6, 6.07) is 2.87. The summed E-state index contributed by atoms with van der Waals surface area (Å²) in [5.41, 5.74) is 0. The molecule has 4 fully saturated rings. The van der Waals surface area contributed by atoms with E-state index >= 15 is 0 Å². The SMILES string of the molecule is CNC(c1cc(Br)c(Br)s1)C1C2CC3CC(C2)CC1C3. The molecule has 1 heterocycles. The predicted octanol–water partition coefficient (Wildman–Crippen LogP) is 5.61. The molecule has 0 saturated heterocycles. The summed E-state index contributed by atoms with van der Waals surface area (Å²) in [6.07, 6.45) is 7.56. The van der Waals surface area contributed by atoms with Crippen molar-refractivity contribution in [1.29, 1.82) is 0 Å². The normalized spacial score (nSPS) is 40.2. The molecule has 0 aromatic carbocycles. The first-order valence-electron chi connectivity index (χ1n) is 7.77. The summed E-state index contributed by atoms with van der Waals surface area (Å²) in [5, 5.41) is 3.66. The van der Waals surface area contributed by atoms with Gasteiger partial charge in [-0.05, 0) is 107 Å². The Morgan fingerprint density at radius 3 is 2.15 bits per heavy atom. The van der Waals surface area contributed by atoms with Gasteiger partial charge in [-0.25, -0.2) is 0 Å². The first-order valence-corrected chi connectivity index (χ1v) is 10.2. The molecule has 4 bridgehead atoms. The van der Waals surface area contributed by atoms with E-state index in [2.05, 4.69) is 50.3 Å². The van der Waals surface area contributed by atoms with Crippen molar-refractivity contribution in [3.63, 3.8) is 0 Å². The van der Waals surface area contributed by atoms with Crippen LogP contribution in [0.3, 0.4) is 0 Å². The van der Waals surface area contributed by atoms with Gasteiger partial charge in [0.05, 0.1) is 3.79 Å². The summed E-state index contributed by atoms with van der Waals surface area (Å²) in [6.45, 7) is 0. The van der Waals surface area contributed by atoms with Crippen molar-refractivity contribution < 1.29 is 0 Å². The summed E-state index contributed by atoms with van der Waals surface area (Å²) >= 11 is 9.21. The highest BCUT2D eigenvalue weighted by Crippen LogP contribution is 2.59. The van der Waals surface area contributed by atoms with E-state index in [-0.39, 0.29) is 0 Å². The molecule has 1 aromatic rings. The van der Waals surface area contributed by atoms with E-state index in [1.54, 1.807) is 6.42 Å². The van der Waals surface area contributed by atoms with Gasteiger partial charge in [-0.1, -0.05) is 0 Å². The Morgan fingerprint density at radius 1 is 1.10 bits per heavy atom. The van der Waals surface area contributed by atoms with Crippen molar-refractivity contribution >= 4 is 43.2 Å². The molecule has 4 heteroatoms. The van der Waals surface area contributed by atoms with Crippen LogP contribution in [0, 0.1) is 29.6 Å². The van der Waals surface area contributed by atoms with Gasteiger partial charge in [0.15, 0.2) is 0 Å². The molecule has 4 saturated carbocycles. The lowest BCUT2D eigenvalue weighted by atomic mass is 9.50. The Morgan fingerprint density at radius 2 is 1.70 bits per heavy atom. The standard InChI is InChI=1S/C16H21Br2NS/c1-19-15(13-7-12(17)16(18)20-13)14-10-3-8-2-9(5-10)6-11(14)4-8/h7-11,14-15,19H,2-6H2,1H3. The molecule has 20 heavy (non-hydrogen) atoms. The molecule has 1 nitrogen and oxygen atoms in total. The van der Waals surface area contributed by atoms with E-state index in [0.29, 0.717) is 6.04 Å². The van der Waals surface area contributed by atoms with Crippen molar-refractivity contribution in [2.45, 2.75) is 38.1 Å². The third kappa shape index (κ3) is 2.26. The van der Waals surface area contributed by atoms with Crippen molar-refractivity contribution in [3.05, 3.63) is 19.2 Å². The fourth-order valence-electron chi connectivity index (χ4n) is 5.55. The van der Waals surface area contributed by atoms with Crippen LogP contribution >= 0.6 is 43.2 Å². The second-order valence-corrected chi connectivity index (χ2v) is 10.3. The van der Waals surface area contributed by atoms with E-state index in [4.69, 9.17) is 0 Å². The zero-order valence-electron chi connectivity index (χ0n) is 11.7. The monoisotopic (exact) mass is 417 g/mol. The largest absolute Gasteiger partial charge is 0.312 e. The quantitative estimate of drug-likeness (QED) is 0.672. The van der Waals surface area contributed by atoms with Gasteiger partial charge in [0.2, 0.25) is 0 Å². The molecular formula is C16H21Br2NS. The van der Waals surface area contributed by atoms with E-state index in [9.17, 15) is 0 Å². The van der Waals surface area contributed by atoms with Crippen LogP contribution in [0.25, 0.3) is 0 Å². The molecule has 5 rings (SSSR count). The fourth-order valence-corrected chi connectivity index (χ4v) is 7.81. The highest BCUT2D eigenvalue weighted by molar-refractivity contribution is 9.13. The van der Waals surface area contributed by atoms with Crippen LogP contribution < -0.4 is 5.32 Å². The van der Waals surface area contributed by atoms with Crippen LogP contribution in [-0.2, 0) is 0 Å². The third-order valence-corrected chi connectivity index (χ3v) is 9.31. The molecule has 4 aliphatic carbocycles. The average Bonchev–Trinajstić information content (AvgIpc) is 2.72. The number of nitrogens with one attached hydrogen (secondary N) is 1. The van der Waals surface area contributed by atoms with Gasteiger partial charge in [0, 0.05) is 15.4 Å². The van der Waals surface area contributed by atoms with Gasteiger partial charge in [0.1, 0.15) is 0 Å². The van der Waals surface area contributed by atoms with Gasteiger partial charge in [-0.15, -0.1) is 11.3 Å². The van der Waals surface area contributed by atoms with Gasteiger partial charge in [-0.3, -0.25) is 0 Å². The second kappa shape index (κ2) is 5.36. The minimum Gasteiger partial charge on any atom is -0.312 e. The molecule has 0 spiro atoms. The fraction of sp³-hybridized carbons (Fsp3) is 0.750. The number of hydrogen-bond donors (Lipinski definition) is 1. The van der Waals surface area contributed by atoms with Gasteiger partial charge in [-0.2, -0.15) is 0 Å². The Bertz CT molecular complexity index is 465. The first kappa shape index (κ1) is 14.2. The van der Waals surface area contributed by atoms with Crippen LogP contribution in [0.2, 0.25) is 0 Å². The topological polar surface area (TPSA) is 12.0 Å². The van der Waals surface area contributed by atoms with Crippen LogP contribution in [0.5, 0.6) is 0 Å². The van der Waals surface area contributed by atoms with Gasteiger partial charge >= 0.3 is 0 Å². The maximum absolute atomic E-state index is 3.66. The van der Waals surface area contributed by atoms with Gasteiger partial charge in [0.25, 0.3) is 0 Å². The minimum atomic E-state index is 0.553. The van der Waals surface area contributed by atoms with Crippen LogP contribution in [-0.4, -0.2) is 7.05 Å². The zero-order chi connectivity index (χ0) is 13.9. The van der Waals surface area contributed by atoms with Crippen molar-refractivity contribution in [2.75, 3.05) is 7.05 Å². The van der Waals surface area contributed by atoms with Gasteiger partial charge < -0.3 is 5.32 Å². The Balaban J connectivity index is 1.64. The maximum Gasteiger partial charge on any atom is 0.0843 e. The van der Waals surface area contributed by atoms with Crippen LogP contribution in [0.15, 0.2) is 14.3 Å². The van der Waals surface area contributed by atoms with Crippen molar-refractivity contribution in [1.82, 2.24) is 5.32 Å². The second-order valence-electron chi connectivity index (χ2n) is 7.04. The number of halogens is 2. The molecule has 0 amide bonds. The highest BCUT2D eigenvalue weighted by Gasteiger charge is 2.50. The van der Waals surface area contributed by atoms with Crippen LogP contribution in [0.1, 0.15) is 43.0 Å². The van der Waals surface area contributed by atoms with Crippen LogP contribution in [0.4, 0.5) is 0 Å². The summed E-state index contributed by atoms with van der Waals surface area (Å²) in [4.78, 5) is 1.50. The summed E-state index contributed by atoms with van der Waals surface area (Å²) in [5.74, 6) is 4.94. The van der Waals surface area contributed by atoms with Crippen molar-refractivity contribution in [2.24, 2.45) is 29.6 Å². The zero-order valence-corrected chi connectivity index (χ0v) is 15.7. The maximum atomic E-state index is 3.66. The molecule has 1 aromatic heterocycles.